The van der Waals surface area contributed by atoms with Crippen LogP contribution in [0, 0.1) is 0 Å². The predicted molar refractivity (Wildman–Crippen MR) is 93.7 cm³/mol. The standard InChI is InChI=1S/C16H31N7/c1-4-14(22-9-6-7-10-22)12-19-16(17-3)18-8-11-23-13-20-21-15(23)5-2/h13-14H,4-12H2,1-3H3,(H2,17,18,19). The molecule has 7 heteroatoms. The number of nitrogens with zero attached hydrogens (tertiary/aromatic N) is 5. The molecule has 1 aromatic heterocycles. The van der Waals surface area contributed by atoms with Crippen molar-refractivity contribution in [1.82, 2.24) is 30.3 Å². The van der Waals surface area contributed by atoms with E-state index in [-0.39, 0.29) is 0 Å². The molecule has 0 aromatic carbocycles. The Hall–Kier alpha value is -1.63. The van der Waals surface area contributed by atoms with E-state index >= 15 is 0 Å². The van der Waals surface area contributed by atoms with Crippen molar-refractivity contribution < 1.29 is 0 Å². The smallest absolute Gasteiger partial charge is 0.191 e. The maximum absolute atomic E-state index is 4.32. The van der Waals surface area contributed by atoms with Crippen molar-refractivity contribution in [1.29, 1.82) is 0 Å². The molecule has 0 saturated carbocycles. The van der Waals surface area contributed by atoms with Gasteiger partial charge >= 0.3 is 0 Å². The summed E-state index contributed by atoms with van der Waals surface area (Å²) in [6.07, 6.45) is 6.53. The predicted octanol–water partition coefficient (Wildman–Crippen LogP) is 0.880. The zero-order valence-electron chi connectivity index (χ0n) is 14.8. The van der Waals surface area contributed by atoms with Crippen molar-refractivity contribution in [2.45, 2.75) is 52.1 Å². The van der Waals surface area contributed by atoms with Crippen LogP contribution in [0.1, 0.15) is 38.9 Å². The van der Waals surface area contributed by atoms with Gasteiger partial charge in [0.2, 0.25) is 0 Å². The Morgan fingerprint density at radius 1 is 1.30 bits per heavy atom. The van der Waals surface area contributed by atoms with E-state index < -0.39 is 0 Å². The van der Waals surface area contributed by atoms with Gasteiger partial charge < -0.3 is 15.2 Å². The van der Waals surface area contributed by atoms with E-state index in [9.17, 15) is 0 Å². The molecule has 7 nitrogen and oxygen atoms in total. The van der Waals surface area contributed by atoms with Gasteiger partial charge in [0.1, 0.15) is 12.2 Å². The lowest BCUT2D eigenvalue weighted by Crippen LogP contribution is -2.46. The molecule has 0 amide bonds. The molecule has 2 rings (SSSR count). The quantitative estimate of drug-likeness (QED) is 0.549. The van der Waals surface area contributed by atoms with Gasteiger partial charge in [0, 0.05) is 39.1 Å². The van der Waals surface area contributed by atoms with Crippen LogP contribution in [0.15, 0.2) is 11.3 Å². The van der Waals surface area contributed by atoms with Gasteiger partial charge in [0.05, 0.1) is 0 Å². The highest BCUT2D eigenvalue weighted by molar-refractivity contribution is 5.79. The van der Waals surface area contributed by atoms with Crippen molar-refractivity contribution in [2.24, 2.45) is 4.99 Å². The van der Waals surface area contributed by atoms with Gasteiger partial charge in [-0.2, -0.15) is 0 Å². The number of hydrogen-bond donors (Lipinski definition) is 2. The van der Waals surface area contributed by atoms with E-state index in [2.05, 4.69) is 49.1 Å². The summed E-state index contributed by atoms with van der Waals surface area (Å²) in [7, 11) is 1.82. The molecule has 0 radical (unpaired) electrons. The molecule has 1 aliphatic rings. The number of hydrogen-bond acceptors (Lipinski definition) is 4. The number of aryl methyl sites for hydroxylation is 1. The molecule has 1 aromatic rings. The van der Waals surface area contributed by atoms with Crippen LogP contribution in [0.25, 0.3) is 0 Å². The molecule has 2 N–H and O–H groups in total. The van der Waals surface area contributed by atoms with Gasteiger partial charge in [-0.25, -0.2) is 0 Å². The van der Waals surface area contributed by atoms with Gasteiger partial charge in [0.15, 0.2) is 5.96 Å². The minimum atomic E-state index is 0.598. The SMILES string of the molecule is CCc1nncn1CCNC(=NC)NCC(CC)N1CCCC1. The number of aromatic nitrogens is 3. The third-order valence-electron chi connectivity index (χ3n) is 4.51. The first-order valence-corrected chi connectivity index (χ1v) is 8.83. The van der Waals surface area contributed by atoms with E-state index in [4.69, 9.17) is 0 Å². The minimum absolute atomic E-state index is 0.598. The zero-order valence-corrected chi connectivity index (χ0v) is 14.8. The number of rotatable bonds is 8. The Labute approximate surface area is 139 Å². The molecular formula is C16H31N7. The van der Waals surface area contributed by atoms with Gasteiger partial charge in [-0.15, -0.1) is 10.2 Å². The van der Waals surface area contributed by atoms with Crippen LogP contribution in [0.5, 0.6) is 0 Å². The molecule has 0 spiro atoms. The molecule has 23 heavy (non-hydrogen) atoms. The fraction of sp³-hybridized carbons (Fsp3) is 0.812. The Kier molecular flexibility index (Phi) is 7.32. The second-order valence-electron chi connectivity index (χ2n) is 5.98. The third kappa shape index (κ3) is 5.20. The summed E-state index contributed by atoms with van der Waals surface area (Å²) in [6, 6.07) is 0.598. The maximum Gasteiger partial charge on any atom is 0.191 e. The van der Waals surface area contributed by atoms with Crippen molar-refractivity contribution in [3.8, 4) is 0 Å². The highest BCUT2D eigenvalue weighted by atomic mass is 15.3. The molecule has 1 atom stereocenters. The summed E-state index contributed by atoms with van der Waals surface area (Å²) in [4.78, 5) is 6.91. The summed E-state index contributed by atoms with van der Waals surface area (Å²) >= 11 is 0. The van der Waals surface area contributed by atoms with E-state index in [0.29, 0.717) is 6.04 Å². The molecular weight excluding hydrogens is 290 g/mol. The van der Waals surface area contributed by atoms with Gasteiger partial charge in [-0.3, -0.25) is 9.89 Å². The second kappa shape index (κ2) is 9.50. The molecule has 2 heterocycles. The summed E-state index contributed by atoms with van der Waals surface area (Å²) < 4.78 is 2.08. The normalized spacial score (nSPS) is 17.4. The van der Waals surface area contributed by atoms with Crippen LogP contribution in [0.2, 0.25) is 0 Å². The van der Waals surface area contributed by atoms with Crippen LogP contribution in [0.3, 0.4) is 0 Å². The lowest BCUT2D eigenvalue weighted by atomic mass is 10.2. The highest BCUT2D eigenvalue weighted by Crippen LogP contribution is 2.13. The average Bonchev–Trinajstić information content (AvgIpc) is 3.25. The first-order valence-electron chi connectivity index (χ1n) is 8.83. The third-order valence-corrected chi connectivity index (χ3v) is 4.51. The van der Waals surface area contributed by atoms with E-state index in [1.807, 2.05) is 7.05 Å². The van der Waals surface area contributed by atoms with Gasteiger partial charge in [-0.1, -0.05) is 13.8 Å². The summed E-state index contributed by atoms with van der Waals surface area (Å²) in [6.45, 7) is 9.44. The number of aliphatic imine (C=N–C) groups is 1. The fourth-order valence-corrected chi connectivity index (χ4v) is 3.11. The van der Waals surface area contributed by atoms with Crippen molar-refractivity contribution in [3.05, 3.63) is 12.2 Å². The van der Waals surface area contributed by atoms with Crippen LogP contribution >= 0.6 is 0 Å². The molecule has 0 aliphatic carbocycles. The molecule has 1 unspecified atom stereocenters. The largest absolute Gasteiger partial charge is 0.355 e. The zero-order chi connectivity index (χ0) is 16.5. The Balaban J connectivity index is 1.72. The maximum atomic E-state index is 4.32. The fourth-order valence-electron chi connectivity index (χ4n) is 3.11. The minimum Gasteiger partial charge on any atom is -0.355 e. The first kappa shape index (κ1) is 17.7. The van der Waals surface area contributed by atoms with Gasteiger partial charge in [0.25, 0.3) is 0 Å². The first-order chi connectivity index (χ1) is 11.3. The number of likely N-dealkylation sites (tertiary alicyclic amines) is 1. The molecule has 130 valence electrons. The Morgan fingerprint density at radius 3 is 2.74 bits per heavy atom. The van der Waals surface area contributed by atoms with Crippen LogP contribution in [-0.2, 0) is 13.0 Å². The van der Waals surface area contributed by atoms with E-state index in [1.54, 1.807) is 6.33 Å². The van der Waals surface area contributed by atoms with E-state index in [0.717, 1.165) is 37.8 Å². The molecule has 0 bridgehead atoms. The molecule has 1 aliphatic heterocycles. The molecule has 1 fully saturated rings. The molecule has 1 saturated heterocycles. The second-order valence-corrected chi connectivity index (χ2v) is 5.98. The van der Waals surface area contributed by atoms with Crippen LogP contribution in [-0.4, -0.2) is 64.9 Å². The monoisotopic (exact) mass is 321 g/mol. The Morgan fingerprint density at radius 2 is 2.09 bits per heavy atom. The highest BCUT2D eigenvalue weighted by Gasteiger charge is 2.20. The summed E-state index contributed by atoms with van der Waals surface area (Å²) in [5.41, 5.74) is 0. The lowest BCUT2D eigenvalue weighted by Gasteiger charge is -2.27. The van der Waals surface area contributed by atoms with Crippen molar-refractivity contribution >= 4 is 5.96 Å². The summed E-state index contributed by atoms with van der Waals surface area (Å²) in [5, 5.41) is 14.9. The van der Waals surface area contributed by atoms with E-state index in [1.165, 1.54) is 32.4 Å². The average molecular weight is 321 g/mol. The topological polar surface area (TPSA) is 70.4 Å². The van der Waals surface area contributed by atoms with Crippen molar-refractivity contribution in [3.63, 3.8) is 0 Å². The summed E-state index contributed by atoms with van der Waals surface area (Å²) in [5.74, 6) is 1.89. The Bertz CT molecular complexity index is 477. The van der Waals surface area contributed by atoms with Crippen LogP contribution in [0.4, 0.5) is 0 Å². The van der Waals surface area contributed by atoms with Crippen LogP contribution < -0.4 is 10.6 Å². The number of nitrogens with one attached hydrogen (secondary N) is 2. The number of guanidine groups is 1. The lowest BCUT2D eigenvalue weighted by molar-refractivity contribution is 0.236. The van der Waals surface area contributed by atoms with Gasteiger partial charge in [-0.05, 0) is 32.4 Å². The van der Waals surface area contributed by atoms with Crippen molar-refractivity contribution in [2.75, 3.05) is 33.2 Å².